The van der Waals surface area contributed by atoms with Crippen LogP contribution in [0.4, 0.5) is 28.4 Å². The lowest BCUT2D eigenvalue weighted by Gasteiger charge is -2.25. The van der Waals surface area contributed by atoms with Gasteiger partial charge in [0, 0.05) is 32.9 Å². The van der Waals surface area contributed by atoms with Crippen LogP contribution in [0.5, 0.6) is 0 Å². The molecule has 8 aromatic rings. The van der Waals surface area contributed by atoms with Crippen molar-refractivity contribution in [3.05, 3.63) is 235 Å². The van der Waals surface area contributed by atoms with E-state index >= 15 is 0 Å². The molecule has 0 bridgehead atoms. The molecule has 0 aromatic heterocycles. The fraction of sp³-hybridized carbons (Fsp3) is 0. The van der Waals surface area contributed by atoms with Crippen molar-refractivity contribution < 1.29 is 0 Å². The topological polar surface area (TPSA) is 15.3 Å². The lowest BCUT2D eigenvalue weighted by atomic mass is 10.0. The Morgan fingerprint density at radius 2 is 0.549 bits per heavy atom. The molecule has 1 N–H and O–H groups in total. The number of hydrogen-bond donors (Lipinski definition) is 1. The lowest BCUT2D eigenvalue weighted by molar-refractivity contribution is 1.28. The number of rotatable bonds is 7. The molecule has 0 fully saturated rings. The van der Waals surface area contributed by atoms with Gasteiger partial charge >= 0.3 is 0 Å². The van der Waals surface area contributed by atoms with E-state index in [0.717, 1.165) is 32.9 Å². The van der Waals surface area contributed by atoms with Gasteiger partial charge in [-0.05, 0) is 95.1 Å². The fourth-order valence-electron chi connectivity index (χ4n) is 5.52. The number of nitrogens with one attached hydrogen (secondary N) is 1. The first-order valence-corrected chi connectivity index (χ1v) is 17.8. The van der Waals surface area contributed by atoms with Crippen LogP contribution in [-0.4, -0.2) is 0 Å². The van der Waals surface area contributed by atoms with Gasteiger partial charge < -0.3 is 10.2 Å². The monoisotopic (exact) mass is 722 g/mol. The molecule has 8 rings (SSSR count). The highest BCUT2D eigenvalue weighted by Gasteiger charge is 2.11. The quantitative estimate of drug-likeness (QED) is 0.176. The molecule has 8 aromatic carbocycles. The summed E-state index contributed by atoms with van der Waals surface area (Å²) in [5.74, 6) is 0. The van der Waals surface area contributed by atoms with E-state index in [0.29, 0.717) is 0 Å². The minimum atomic E-state index is 1.12. The molecule has 0 radical (unpaired) electrons. The van der Waals surface area contributed by atoms with Gasteiger partial charge in [0.2, 0.25) is 0 Å². The van der Waals surface area contributed by atoms with Gasteiger partial charge in [0.25, 0.3) is 0 Å². The summed E-state index contributed by atoms with van der Waals surface area (Å²) in [4.78, 5) is 2.27. The van der Waals surface area contributed by atoms with Crippen molar-refractivity contribution in [1.82, 2.24) is 0 Å². The molecule has 0 aliphatic heterocycles. The predicted octanol–water partition coefficient (Wildman–Crippen LogP) is 14.4. The van der Waals surface area contributed by atoms with E-state index in [-0.39, 0.29) is 0 Å². The third kappa shape index (κ3) is 10.4. The molecule has 0 atom stereocenters. The van der Waals surface area contributed by atoms with Crippen molar-refractivity contribution >= 4 is 44.4 Å². The Kier molecular flexibility index (Phi) is 12.6. The van der Waals surface area contributed by atoms with Crippen molar-refractivity contribution in [1.29, 1.82) is 0 Å². The molecule has 0 aliphatic rings. The Balaban J connectivity index is 0.000000145. The van der Waals surface area contributed by atoms with Crippen LogP contribution >= 0.6 is 15.9 Å². The van der Waals surface area contributed by atoms with Crippen molar-refractivity contribution in [2.45, 2.75) is 0 Å². The molecule has 0 saturated heterocycles. The van der Waals surface area contributed by atoms with Crippen LogP contribution in [0.1, 0.15) is 0 Å². The summed E-state index contributed by atoms with van der Waals surface area (Å²) in [5, 5.41) is 3.30. The number of benzene rings is 8. The van der Waals surface area contributed by atoms with Crippen molar-refractivity contribution in [2.75, 3.05) is 10.2 Å². The summed E-state index contributed by atoms with van der Waals surface area (Å²) in [6.07, 6.45) is 0. The number of halogens is 1. The van der Waals surface area contributed by atoms with Gasteiger partial charge in [0.15, 0.2) is 0 Å². The number of nitrogens with zero attached hydrogens (tertiary/aromatic N) is 1. The number of hydrogen-bond acceptors (Lipinski definition) is 2. The normalized spacial score (nSPS) is 10.1. The van der Waals surface area contributed by atoms with E-state index in [1.165, 1.54) is 22.3 Å². The molecule has 248 valence electrons. The van der Waals surface area contributed by atoms with Gasteiger partial charge in [0.1, 0.15) is 0 Å². The van der Waals surface area contributed by atoms with Gasteiger partial charge in [-0.3, -0.25) is 0 Å². The average molecular weight is 724 g/mol. The highest BCUT2D eigenvalue weighted by Crippen LogP contribution is 2.35. The first kappa shape index (κ1) is 34.7. The van der Waals surface area contributed by atoms with E-state index in [2.05, 4.69) is 172 Å². The summed E-state index contributed by atoms with van der Waals surface area (Å²) < 4.78 is 1.12. The van der Waals surface area contributed by atoms with Crippen LogP contribution in [0.15, 0.2) is 235 Å². The molecule has 0 heterocycles. The first-order chi connectivity index (χ1) is 25.2. The molecule has 0 saturated carbocycles. The summed E-state index contributed by atoms with van der Waals surface area (Å²) in [6.45, 7) is 0. The second-order valence-corrected chi connectivity index (χ2v) is 12.6. The smallest absolute Gasteiger partial charge is 0.0462 e. The van der Waals surface area contributed by atoms with Crippen LogP contribution in [0.2, 0.25) is 0 Å². The zero-order chi connectivity index (χ0) is 34.9. The Hall–Kier alpha value is -6.16. The van der Waals surface area contributed by atoms with Crippen molar-refractivity contribution in [3.8, 4) is 22.3 Å². The van der Waals surface area contributed by atoms with E-state index in [1.54, 1.807) is 0 Å². The van der Waals surface area contributed by atoms with Crippen molar-refractivity contribution in [3.63, 3.8) is 0 Å². The van der Waals surface area contributed by atoms with E-state index < -0.39 is 0 Å². The fourth-order valence-corrected chi connectivity index (χ4v) is 5.78. The maximum atomic E-state index is 3.42. The third-order valence-electron chi connectivity index (χ3n) is 8.05. The molecule has 51 heavy (non-hydrogen) atoms. The molecular formula is C48H39BrN2. The summed E-state index contributed by atoms with van der Waals surface area (Å²) in [5.41, 5.74) is 10.7. The van der Waals surface area contributed by atoms with Gasteiger partial charge in [-0.25, -0.2) is 0 Å². The Morgan fingerprint density at radius 3 is 0.922 bits per heavy atom. The van der Waals surface area contributed by atoms with Crippen molar-refractivity contribution in [2.24, 2.45) is 0 Å². The second kappa shape index (κ2) is 18.6. The summed E-state index contributed by atoms with van der Waals surface area (Å²) >= 11 is 3.42. The van der Waals surface area contributed by atoms with Crippen LogP contribution in [0.25, 0.3) is 22.3 Å². The summed E-state index contributed by atoms with van der Waals surface area (Å²) in [6, 6.07) is 79.1. The number of anilines is 5. The molecule has 0 amide bonds. The Labute approximate surface area is 310 Å². The Morgan fingerprint density at radius 1 is 0.275 bits per heavy atom. The molecule has 0 aliphatic carbocycles. The van der Waals surface area contributed by atoms with E-state index in [4.69, 9.17) is 0 Å². The molecule has 3 heteroatoms. The highest BCUT2D eigenvalue weighted by molar-refractivity contribution is 9.10. The van der Waals surface area contributed by atoms with Crippen LogP contribution in [0, 0.1) is 0 Å². The third-order valence-corrected chi connectivity index (χ3v) is 8.58. The Bertz CT molecular complexity index is 2050. The van der Waals surface area contributed by atoms with Gasteiger partial charge in [0.05, 0.1) is 0 Å². The van der Waals surface area contributed by atoms with Gasteiger partial charge in [-0.1, -0.05) is 174 Å². The SMILES string of the molecule is Brc1ccc(-c2ccccc2)cc1.c1ccc(-c2ccc(N(c3ccccc3)c3ccccc3)cc2)cc1.c1ccc(Nc2ccccc2)cc1. The standard InChI is InChI=1S/C24H19N.C12H9Br.C12H11N/c1-4-10-20(11-5-1)21-16-18-24(19-17-21)25(22-12-6-2-7-13-22)23-14-8-3-9-15-23;13-12-8-6-11(7-9-12)10-4-2-1-3-5-10;1-3-7-11(8-4-1)13-12-9-5-2-6-10-12/h1-19H;1-9H;1-10,13H. The second-order valence-electron chi connectivity index (χ2n) is 11.6. The largest absolute Gasteiger partial charge is 0.356 e. The maximum absolute atomic E-state index is 3.42. The molecule has 0 spiro atoms. The van der Waals surface area contributed by atoms with E-state index in [1.807, 2.05) is 84.9 Å². The van der Waals surface area contributed by atoms with Gasteiger partial charge in [-0.2, -0.15) is 0 Å². The van der Waals surface area contributed by atoms with Gasteiger partial charge in [-0.15, -0.1) is 0 Å². The van der Waals surface area contributed by atoms with Crippen LogP contribution in [-0.2, 0) is 0 Å². The average Bonchev–Trinajstić information content (AvgIpc) is 3.21. The minimum absolute atomic E-state index is 1.12. The summed E-state index contributed by atoms with van der Waals surface area (Å²) in [7, 11) is 0. The molecule has 0 unspecified atom stereocenters. The van der Waals surface area contributed by atoms with Crippen LogP contribution in [0.3, 0.4) is 0 Å². The lowest BCUT2D eigenvalue weighted by Crippen LogP contribution is -2.09. The zero-order valence-electron chi connectivity index (χ0n) is 28.3. The van der Waals surface area contributed by atoms with Crippen LogP contribution < -0.4 is 10.2 Å². The zero-order valence-corrected chi connectivity index (χ0v) is 29.9. The first-order valence-electron chi connectivity index (χ1n) is 17.0. The number of para-hydroxylation sites is 4. The predicted molar refractivity (Wildman–Crippen MR) is 222 cm³/mol. The minimum Gasteiger partial charge on any atom is -0.356 e. The highest BCUT2D eigenvalue weighted by atomic mass is 79.9. The van der Waals surface area contributed by atoms with E-state index in [9.17, 15) is 0 Å². The maximum Gasteiger partial charge on any atom is 0.0462 e. The molecular weight excluding hydrogens is 684 g/mol. The molecule has 2 nitrogen and oxygen atoms in total.